The summed E-state index contributed by atoms with van der Waals surface area (Å²) >= 11 is 0. The smallest absolute Gasteiger partial charge is 0.254 e. The average molecular weight is 239 g/mol. The number of hydrogen-bond acceptors (Lipinski definition) is 4. The molecule has 5 nitrogen and oxygen atoms in total. The van der Waals surface area contributed by atoms with Crippen molar-refractivity contribution in [2.75, 3.05) is 19.8 Å². The zero-order valence-corrected chi connectivity index (χ0v) is 10.1. The molecule has 1 aromatic rings. The van der Waals surface area contributed by atoms with E-state index in [1.54, 1.807) is 19.9 Å². The van der Waals surface area contributed by atoms with Gasteiger partial charge in [0, 0.05) is 19.6 Å². The highest BCUT2D eigenvalue weighted by Gasteiger charge is 2.32. The Balaban J connectivity index is 1.95. The summed E-state index contributed by atoms with van der Waals surface area (Å²) in [6.45, 7) is 4.56. The molecule has 5 heteroatoms. The van der Waals surface area contributed by atoms with Gasteiger partial charge in [0.2, 0.25) is 0 Å². The molecule has 1 aliphatic rings. The Morgan fingerprint density at radius 1 is 1.59 bits per heavy atom. The Morgan fingerprint density at radius 2 is 2.35 bits per heavy atom. The second kappa shape index (κ2) is 4.50. The molecule has 17 heavy (non-hydrogen) atoms. The summed E-state index contributed by atoms with van der Waals surface area (Å²) in [6, 6.07) is 1.69. The first-order valence-corrected chi connectivity index (χ1v) is 5.65. The summed E-state index contributed by atoms with van der Waals surface area (Å²) in [5.74, 6) is 1.07. The Kier molecular flexibility index (Phi) is 3.22. The minimum Gasteiger partial charge on any atom is -0.466 e. The molecule has 0 spiro atoms. The standard InChI is InChI=1S/C12H17NO4/c1-8-5-10(9(2)17-8)11(14)13-6-12(15)3-4-16-7-12/h5,15H,3-4,6-7H2,1-2H3,(H,13,14). The van der Waals surface area contributed by atoms with Crippen LogP contribution in [0.2, 0.25) is 0 Å². The van der Waals surface area contributed by atoms with Crippen LogP contribution >= 0.6 is 0 Å². The predicted molar refractivity (Wildman–Crippen MR) is 60.9 cm³/mol. The topological polar surface area (TPSA) is 71.7 Å². The molecule has 0 bridgehead atoms. The van der Waals surface area contributed by atoms with Crippen LogP contribution in [-0.4, -0.2) is 36.4 Å². The summed E-state index contributed by atoms with van der Waals surface area (Å²) in [7, 11) is 0. The summed E-state index contributed by atoms with van der Waals surface area (Å²) < 4.78 is 10.4. The number of aliphatic hydroxyl groups is 1. The minimum atomic E-state index is -0.928. The maximum Gasteiger partial charge on any atom is 0.254 e. The van der Waals surface area contributed by atoms with Gasteiger partial charge in [-0.3, -0.25) is 4.79 Å². The zero-order chi connectivity index (χ0) is 12.5. The molecule has 0 saturated carbocycles. The van der Waals surface area contributed by atoms with Gasteiger partial charge in [0.1, 0.15) is 17.1 Å². The van der Waals surface area contributed by atoms with Gasteiger partial charge in [0.15, 0.2) is 0 Å². The lowest BCUT2D eigenvalue weighted by Crippen LogP contribution is -2.43. The molecule has 1 fully saturated rings. The number of nitrogens with one attached hydrogen (secondary N) is 1. The van der Waals surface area contributed by atoms with E-state index in [1.807, 2.05) is 0 Å². The maximum atomic E-state index is 11.9. The van der Waals surface area contributed by atoms with E-state index in [0.29, 0.717) is 30.1 Å². The highest BCUT2D eigenvalue weighted by molar-refractivity contribution is 5.95. The molecule has 2 rings (SSSR count). The maximum absolute atomic E-state index is 11.9. The molecule has 1 atom stereocenters. The molecule has 1 saturated heterocycles. The van der Waals surface area contributed by atoms with Crippen molar-refractivity contribution in [3.05, 3.63) is 23.2 Å². The van der Waals surface area contributed by atoms with Crippen LogP contribution in [0, 0.1) is 13.8 Å². The molecule has 0 aromatic carbocycles. The monoisotopic (exact) mass is 239 g/mol. The summed E-state index contributed by atoms with van der Waals surface area (Å²) in [5.41, 5.74) is -0.410. The number of aryl methyl sites for hydroxylation is 2. The van der Waals surface area contributed by atoms with Crippen LogP contribution < -0.4 is 5.32 Å². The number of furan rings is 1. The van der Waals surface area contributed by atoms with Crippen molar-refractivity contribution in [3.8, 4) is 0 Å². The predicted octanol–water partition coefficient (Wildman–Crippen LogP) is 0.778. The Labute approximate surface area is 99.8 Å². The van der Waals surface area contributed by atoms with Crippen LogP contribution in [0.3, 0.4) is 0 Å². The van der Waals surface area contributed by atoms with Crippen molar-refractivity contribution in [2.24, 2.45) is 0 Å². The van der Waals surface area contributed by atoms with Crippen molar-refractivity contribution >= 4 is 5.91 Å². The van der Waals surface area contributed by atoms with E-state index in [1.165, 1.54) is 0 Å². The number of carbonyl (C=O) groups excluding carboxylic acids is 1. The molecule has 2 heterocycles. The van der Waals surface area contributed by atoms with E-state index in [-0.39, 0.29) is 19.1 Å². The van der Waals surface area contributed by atoms with E-state index in [0.717, 1.165) is 0 Å². The second-order valence-electron chi connectivity index (χ2n) is 4.54. The van der Waals surface area contributed by atoms with Crippen molar-refractivity contribution < 1.29 is 19.1 Å². The molecular weight excluding hydrogens is 222 g/mol. The third-order valence-corrected chi connectivity index (χ3v) is 2.95. The lowest BCUT2D eigenvalue weighted by molar-refractivity contribution is 0.0264. The molecule has 1 aromatic heterocycles. The van der Waals surface area contributed by atoms with Crippen LogP contribution in [0.15, 0.2) is 10.5 Å². The Morgan fingerprint density at radius 3 is 2.88 bits per heavy atom. The Bertz CT molecular complexity index is 418. The van der Waals surface area contributed by atoms with Gasteiger partial charge >= 0.3 is 0 Å². The average Bonchev–Trinajstić information content (AvgIpc) is 2.83. The van der Waals surface area contributed by atoms with Gasteiger partial charge in [0.25, 0.3) is 5.91 Å². The van der Waals surface area contributed by atoms with Crippen molar-refractivity contribution in [2.45, 2.75) is 25.9 Å². The van der Waals surface area contributed by atoms with Crippen LogP contribution in [0.1, 0.15) is 28.3 Å². The summed E-state index contributed by atoms with van der Waals surface area (Å²) in [6.07, 6.45) is 0.552. The molecule has 1 aliphatic heterocycles. The summed E-state index contributed by atoms with van der Waals surface area (Å²) in [4.78, 5) is 11.9. The molecule has 94 valence electrons. The molecule has 0 aliphatic carbocycles. The highest BCUT2D eigenvalue weighted by Crippen LogP contribution is 2.18. The van der Waals surface area contributed by atoms with Crippen LogP contribution in [-0.2, 0) is 4.74 Å². The normalized spacial score (nSPS) is 23.9. The van der Waals surface area contributed by atoms with Gasteiger partial charge < -0.3 is 19.6 Å². The van der Waals surface area contributed by atoms with Gasteiger partial charge in [-0.2, -0.15) is 0 Å². The molecule has 1 unspecified atom stereocenters. The second-order valence-corrected chi connectivity index (χ2v) is 4.54. The first-order valence-electron chi connectivity index (χ1n) is 5.65. The number of hydrogen-bond donors (Lipinski definition) is 2. The van der Waals surface area contributed by atoms with E-state index in [4.69, 9.17) is 9.15 Å². The van der Waals surface area contributed by atoms with Crippen LogP contribution in [0.4, 0.5) is 0 Å². The van der Waals surface area contributed by atoms with E-state index in [9.17, 15) is 9.90 Å². The van der Waals surface area contributed by atoms with Gasteiger partial charge in [-0.25, -0.2) is 0 Å². The molecule has 2 N–H and O–H groups in total. The molecular formula is C12H17NO4. The lowest BCUT2D eigenvalue weighted by Gasteiger charge is -2.20. The van der Waals surface area contributed by atoms with E-state index < -0.39 is 5.60 Å². The van der Waals surface area contributed by atoms with Crippen LogP contribution in [0.25, 0.3) is 0 Å². The van der Waals surface area contributed by atoms with Crippen molar-refractivity contribution in [1.82, 2.24) is 5.32 Å². The number of rotatable bonds is 3. The van der Waals surface area contributed by atoms with Gasteiger partial charge in [-0.1, -0.05) is 0 Å². The van der Waals surface area contributed by atoms with Gasteiger partial charge in [-0.15, -0.1) is 0 Å². The lowest BCUT2D eigenvalue weighted by atomic mass is 10.0. The van der Waals surface area contributed by atoms with Gasteiger partial charge in [-0.05, 0) is 19.9 Å². The number of amides is 1. The first-order chi connectivity index (χ1) is 8.00. The van der Waals surface area contributed by atoms with Crippen molar-refractivity contribution in [1.29, 1.82) is 0 Å². The SMILES string of the molecule is Cc1cc(C(=O)NCC2(O)CCOC2)c(C)o1. The first kappa shape index (κ1) is 12.1. The number of ether oxygens (including phenoxy) is 1. The fourth-order valence-electron chi connectivity index (χ4n) is 1.93. The third kappa shape index (κ3) is 2.68. The fraction of sp³-hybridized carbons (Fsp3) is 0.583. The molecule has 0 radical (unpaired) electrons. The molecule has 1 amide bonds. The quantitative estimate of drug-likeness (QED) is 0.817. The minimum absolute atomic E-state index is 0.204. The van der Waals surface area contributed by atoms with E-state index in [2.05, 4.69) is 5.32 Å². The number of carbonyl (C=O) groups is 1. The van der Waals surface area contributed by atoms with Crippen LogP contribution in [0.5, 0.6) is 0 Å². The zero-order valence-electron chi connectivity index (χ0n) is 10.1. The third-order valence-electron chi connectivity index (χ3n) is 2.95. The largest absolute Gasteiger partial charge is 0.466 e. The highest BCUT2D eigenvalue weighted by atomic mass is 16.5. The fourth-order valence-corrected chi connectivity index (χ4v) is 1.93. The van der Waals surface area contributed by atoms with Gasteiger partial charge in [0.05, 0.1) is 12.2 Å². The Hall–Kier alpha value is -1.33. The van der Waals surface area contributed by atoms with E-state index >= 15 is 0 Å². The summed E-state index contributed by atoms with van der Waals surface area (Å²) in [5, 5.41) is 12.7. The van der Waals surface area contributed by atoms with Crippen molar-refractivity contribution in [3.63, 3.8) is 0 Å².